The average Bonchev–Trinajstić information content (AvgIpc) is 1.97. The molecule has 0 saturated heterocycles. The normalized spacial score (nSPS) is 9.83. The van der Waals surface area contributed by atoms with Crippen LogP contribution in [0.4, 0.5) is 10.1 Å². The van der Waals surface area contributed by atoms with Gasteiger partial charge in [0.2, 0.25) is 0 Å². The molecular weight excluding hydrogens is 229 g/mol. The fourth-order valence-electron chi connectivity index (χ4n) is 0.783. The van der Waals surface area contributed by atoms with Gasteiger partial charge in [-0.1, -0.05) is 0 Å². The number of hydrogen-bond acceptors (Lipinski definition) is 2. The highest BCUT2D eigenvalue weighted by molar-refractivity contribution is 9.10. The first-order chi connectivity index (χ1) is 5.54. The van der Waals surface area contributed by atoms with Crippen LogP contribution in [-0.2, 0) is 0 Å². The monoisotopic (exact) mass is 233 g/mol. The molecule has 0 unspecified atom stereocenters. The predicted octanol–water partition coefficient (Wildman–Crippen LogP) is 1.87. The molecule has 5 heteroatoms. The molecule has 0 radical (unpaired) electrons. The molecule has 0 aromatic heterocycles. The summed E-state index contributed by atoms with van der Waals surface area (Å²) in [5.41, 5.74) is 4.67. The van der Waals surface area contributed by atoms with Crippen LogP contribution in [0.5, 0.6) is 0 Å². The number of halogens is 2. The first kappa shape index (κ1) is 8.99. The molecule has 0 bridgehead atoms. The zero-order chi connectivity index (χ0) is 9.30. The van der Waals surface area contributed by atoms with Gasteiger partial charge in [-0.25, -0.2) is 9.18 Å². The molecule has 64 valence electrons. The summed E-state index contributed by atoms with van der Waals surface area (Å²) >= 11 is 2.85. The minimum absolute atomic E-state index is 0.0804. The van der Waals surface area contributed by atoms with Crippen LogP contribution in [0.2, 0.25) is 0 Å². The van der Waals surface area contributed by atoms with Crippen molar-refractivity contribution in [1.82, 2.24) is 0 Å². The van der Waals surface area contributed by atoms with Crippen molar-refractivity contribution in [2.75, 3.05) is 5.73 Å². The summed E-state index contributed by atoms with van der Waals surface area (Å²) in [7, 11) is 0. The Bertz CT molecular complexity index is 340. The van der Waals surface area contributed by atoms with E-state index in [2.05, 4.69) is 15.9 Å². The van der Waals surface area contributed by atoms with E-state index in [9.17, 15) is 9.18 Å². The van der Waals surface area contributed by atoms with Gasteiger partial charge in [-0.2, -0.15) is 0 Å². The second-order valence-electron chi connectivity index (χ2n) is 2.13. The minimum Gasteiger partial charge on any atom is -0.478 e. The molecular formula is C7H5BrFNO2. The molecule has 0 atom stereocenters. The lowest BCUT2D eigenvalue weighted by Gasteiger charge is -2.02. The quantitative estimate of drug-likeness (QED) is 0.729. The van der Waals surface area contributed by atoms with Gasteiger partial charge in [-0.05, 0) is 28.1 Å². The number of anilines is 1. The Morgan fingerprint density at radius 3 is 2.58 bits per heavy atom. The SMILES string of the molecule is Nc1ccc(Br)c(F)c1C(=O)O. The van der Waals surface area contributed by atoms with Crippen molar-refractivity contribution < 1.29 is 14.3 Å². The molecule has 0 aliphatic rings. The molecule has 0 saturated carbocycles. The van der Waals surface area contributed by atoms with Crippen LogP contribution in [0, 0.1) is 5.82 Å². The van der Waals surface area contributed by atoms with Gasteiger partial charge in [0.25, 0.3) is 0 Å². The highest BCUT2D eigenvalue weighted by atomic mass is 79.9. The molecule has 12 heavy (non-hydrogen) atoms. The van der Waals surface area contributed by atoms with E-state index in [4.69, 9.17) is 10.8 Å². The predicted molar refractivity (Wildman–Crippen MR) is 45.5 cm³/mol. The van der Waals surface area contributed by atoms with Crippen molar-refractivity contribution in [1.29, 1.82) is 0 Å². The van der Waals surface area contributed by atoms with Crippen molar-refractivity contribution in [2.24, 2.45) is 0 Å². The summed E-state index contributed by atoms with van der Waals surface area (Å²) in [6, 6.07) is 2.69. The number of carbonyl (C=O) groups is 1. The molecule has 0 spiro atoms. The summed E-state index contributed by atoms with van der Waals surface area (Å²) in [5, 5.41) is 8.53. The van der Waals surface area contributed by atoms with Crippen LogP contribution in [0.15, 0.2) is 16.6 Å². The Morgan fingerprint density at radius 1 is 1.58 bits per heavy atom. The second-order valence-corrected chi connectivity index (χ2v) is 2.99. The first-order valence-corrected chi connectivity index (χ1v) is 3.80. The second kappa shape index (κ2) is 3.10. The Morgan fingerprint density at radius 2 is 2.17 bits per heavy atom. The van der Waals surface area contributed by atoms with E-state index in [1.807, 2.05) is 0 Å². The Labute approximate surface area is 76.1 Å². The highest BCUT2D eigenvalue weighted by Gasteiger charge is 2.16. The molecule has 0 heterocycles. The first-order valence-electron chi connectivity index (χ1n) is 3.01. The Balaban J connectivity index is 3.43. The smallest absolute Gasteiger partial charge is 0.340 e. The van der Waals surface area contributed by atoms with Gasteiger partial charge in [0, 0.05) is 5.69 Å². The van der Waals surface area contributed by atoms with Crippen molar-refractivity contribution >= 4 is 27.6 Å². The molecule has 3 nitrogen and oxygen atoms in total. The fourth-order valence-corrected chi connectivity index (χ4v) is 1.11. The maximum Gasteiger partial charge on any atom is 0.340 e. The van der Waals surface area contributed by atoms with Crippen molar-refractivity contribution in [3.63, 3.8) is 0 Å². The molecule has 0 aliphatic heterocycles. The standard InChI is InChI=1S/C7H5BrFNO2/c8-3-1-2-4(10)5(6(3)9)7(11)12/h1-2H,10H2,(H,11,12). The van der Waals surface area contributed by atoms with Crippen LogP contribution in [0.25, 0.3) is 0 Å². The van der Waals surface area contributed by atoms with Crippen molar-refractivity contribution in [3.8, 4) is 0 Å². The van der Waals surface area contributed by atoms with E-state index in [1.165, 1.54) is 12.1 Å². The van der Waals surface area contributed by atoms with E-state index in [1.54, 1.807) is 0 Å². The maximum atomic E-state index is 13.0. The zero-order valence-electron chi connectivity index (χ0n) is 5.84. The Hall–Kier alpha value is -1.10. The van der Waals surface area contributed by atoms with Crippen LogP contribution in [0.3, 0.4) is 0 Å². The summed E-state index contributed by atoms with van der Waals surface area (Å²) in [6.07, 6.45) is 0. The van der Waals surface area contributed by atoms with Gasteiger partial charge in [-0.3, -0.25) is 0 Å². The molecule has 1 aromatic rings. The number of nitrogen functional groups attached to an aromatic ring is 1. The minimum atomic E-state index is -1.37. The lowest BCUT2D eigenvalue weighted by Crippen LogP contribution is -2.05. The van der Waals surface area contributed by atoms with Crippen molar-refractivity contribution in [2.45, 2.75) is 0 Å². The zero-order valence-corrected chi connectivity index (χ0v) is 7.43. The number of hydrogen-bond donors (Lipinski definition) is 2. The van der Waals surface area contributed by atoms with E-state index < -0.39 is 17.3 Å². The van der Waals surface area contributed by atoms with Gasteiger partial charge in [0.1, 0.15) is 5.56 Å². The molecule has 0 amide bonds. The highest BCUT2D eigenvalue weighted by Crippen LogP contribution is 2.23. The van der Waals surface area contributed by atoms with E-state index >= 15 is 0 Å². The van der Waals surface area contributed by atoms with Gasteiger partial charge in [-0.15, -0.1) is 0 Å². The third kappa shape index (κ3) is 1.40. The lowest BCUT2D eigenvalue weighted by molar-refractivity contribution is 0.0693. The van der Waals surface area contributed by atoms with Crippen LogP contribution in [0.1, 0.15) is 10.4 Å². The largest absolute Gasteiger partial charge is 0.478 e. The van der Waals surface area contributed by atoms with Crippen molar-refractivity contribution in [3.05, 3.63) is 28.0 Å². The lowest BCUT2D eigenvalue weighted by atomic mass is 10.2. The number of nitrogens with two attached hydrogens (primary N) is 1. The van der Waals surface area contributed by atoms with Crippen LogP contribution >= 0.6 is 15.9 Å². The maximum absolute atomic E-state index is 13.0. The molecule has 3 N–H and O–H groups in total. The van der Waals surface area contributed by atoms with E-state index in [-0.39, 0.29) is 10.2 Å². The summed E-state index contributed by atoms with van der Waals surface area (Å²) in [4.78, 5) is 10.5. The third-order valence-corrected chi connectivity index (χ3v) is 1.95. The Kier molecular flexibility index (Phi) is 2.32. The number of carboxylic acid groups (broad SMARTS) is 1. The summed E-state index contributed by atoms with van der Waals surface area (Å²) < 4.78 is 13.1. The summed E-state index contributed by atoms with van der Waals surface area (Å²) in [5.74, 6) is -2.21. The molecule has 1 rings (SSSR count). The average molecular weight is 234 g/mol. The van der Waals surface area contributed by atoms with Gasteiger partial charge < -0.3 is 10.8 Å². The molecule has 0 fully saturated rings. The van der Waals surface area contributed by atoms with Crippen LogP contribution in [-0.4, -0.2) is 11.1 Å². The molecule has 0 aliphatic carbocycles. The number of carboxylic acids is 1. The van der Waals surface area contributed by atoms with E-state index in [0.717, 1.165) is 0 Å². The van der Waals surface area contributed by atoms with Gasteiger partial charge in [0.05, 0.1) is 4.47 Å². The number of benzene rings is 1. The van der Waals surface area contributed by atoms with Gasteiger partial charge in [0.15, 0.2) is 5.82 Å². The fraction of sp³-hybridized carbons (Fsp3) is 0. The van der Waals surface area contributed by atoms with E-state index in [0.29, 0.717) is 0 Å². The number of aromatic carboxylic acids is 1. The summed E-state index contributed by atoms with van der Waals surface area (Å²) in [6.45, 7) is 0. The molecule has 1 aromatic carbocycles. The third-order valence-electron chi connectivity index (χ3n) is 1.34. The van der Waals surface area contributed by atoms with Gasteiger partial charge >= 0.3 is 5.97 Å². The number of rotatable bonds is 1. The topological polar surface area (TPSA) is 63.3 Å². The van der Waals surface area contributed by atoms with Crippen LogP contribution < -0.4 is 5.73 Å².